The van der Waals surface area contributed by atoms with Gasteiger partial charge in [-0.3, -0.25) is 9.36 Å². The van der Waals surface area contributed by atoms with E-state index in [0.717, 1.165) is 20.8 Å². The Labute approximate surface area is 175 Å². The highest BCUT2D eigenvalue weighted by Gasteiger charge is 2.09. The van der Waals surface area contributed by atoms with Crippen LogP contribution in [0.4, 0.5) is 17.2 Å². The lowest BCUT2D eigenvalue weighted by molar-refractivity contribution is 0.102. The van der Waals surface area contributed by atoms with Gasteiger partial charge >= 0.3 is 0 Å². The first-order valence-electron chi connectivity index (χ1n) is 8.42. The number of carbonyl (C=O) groups excluding carboxylic acids is 1. The summed E-state index contributed by atoms with van der Waals surface area (Å²) in [6.07, 6.45) is 6.68. The Morgan fingerprint density at radius 2 is 1.79 bits per heavy atom. The molecule has 4 aromatic rings. The van der Waals surface area contributed by atoms with E-state index in [9.17, 15) is 4.79 Å². The number of halogens is 1. The summed E-state index contributed by atoms with van der Waals surface area (Å²) >= 11 is 2.15. The monoisotopic (exact) mass is 482 g/mol. The third-order valence-corrected chi connectivity index (χ3v) is 4.90. The maximum absolute atomic E-state index is 12.4. The minimum absolute atomic E-state index is 0.133. The molecule has 0 radical (unpaired) electrons. The Hall–Kier alpha value is -3.27. The third kappa shape index (κ3) is 4.17. The van der Waals surface area contributed by atoms with Gasteiger partial charge in [0.05, 0.1) is 5.56 Å². The summed E-state index contributed by atoms with van der Waals surface area (Å²) in [5.41, 5.74) is 2.22. The lowest BCUT2D eigenvalue weighted by Gasteiger charge is -2.10. The van der Waals surface area contributed by atoms with Crippen LogP contribution in [0.15, 0.2) is 79.6 Å². The second-order valence-corrected chi connectivity index (χ2v) is 7.03. The maximum Gasteiger partial charge on any atom is 0.256 e. The van der Waals surface area contributed by atoms with Gasteiger partial charge in [-0.15, -0.1) is 0 Å². The number of nitrogens with one attached hydrogen (secondary N) is 2. The number of benzene rings is 2. The van der Waals surface area contributed by atoms with Gasteiger partial charge in [0, 0.05) is 33.4 Å². The van der Waals surface area contributed by atoms with Crippen LogP contribution in [0.3, 0.4) is 0 Å². The van der Waals surface area contributed by atoms with E-state index in [0.29, 0.717) is 11.4 Å². The Kier molecular flexibility index (Phi) is 5.29. The highest BCUT2D eigenvalue weighted by molar-refractivity contribution is 14.1. The highest BCUT2D eigenvalue weighted by atomic mass is 127. The first-order chi connectivity index (χ1) is 13.7. The molecule has 138 valence electrons. The molecule has 4 rings (SSSR count). The molecular weight excluding hydrogens is 467 g/mol. The van der Waals surface area contributed by atoms with Crippen LogP contribution < -0.4 is 10.6 Å². The van der Waals surface area contributed by atoms with Gasteiger partial charge < -0.3 is 10.6 Å². The molecule has 0 unspecified atom stereocenters. The van der Waals surface area contributed by atoms with Crippen molar-refractivity contribution in [2.75, 3.05) is 10.6 Å². The Balaban J connectivity index is 1.45. The lowest BCUT2D eigenvalue weighted by Crippen LogP contribution is -2.13. The zero-order valence-electron chi connectivity index (χ0n) is 14.6. The fourth-order valence-corrected chi connectivity index (χ4v) is 3.21. The van der Waals surface area contributed by atoms with Gasteiger partial charge in [-0.25, -0.2) is 15.0 Å². The Bertz CT molecular complexity index is 1100. The Morgan fingerprint density at radius 1 is 1.00 bits per heavy atom. The van der Waals surface area contributed by atoms with Gasteiger partial charge in [-0.2, -0.15) is 0 Å². The summed E-state index contributed by atoms with van der Waals surface area (Å²) in [6.45, 7) is 0. The summed E-state index contributed by atoms with van der Waals surface area (Å²) < 4.78 is 2.71. The predicted molar refractivity (Wildman–Crippen MR) is 116 cm³/mol. The molecule has 1 amide bonds. The topological polar surface area (TPSA) is 84.7 Å². The Morgan fingerprint density at radius 3 is 2.54 bits per heavy atom. The van der Waals surface area contributed by atoms with E-state index in [4.69, 9.17) is 0 Å². The fourth-order valence-electron chi connectivity index (χ4n) is 2.58. The van der Waals surface area contributed by atoms with Crippen molar-refractivity contribution in [2.45, 2.75) is 0 Å². The molecule has 28 heavy (non-hydrogen) atoms. The van der Waals surface area contributed by atoms with Crippen molar-refractivity contribution < 1.29 is 4.79 Å². The van der Waals surface area contributed by atoms with Crippen molar-refractivity contribution in [3.63, 3.8) is 0 Å². The van der Waals surface area contributed by atoms with E-state index in [-0.39, 0.29) is 5.91 Å². The number of carbonyl (C=O) groups is 1. The van der Waals surface area contributed by atoms with Crippen LogP contribution in [-0.2, 0) is 0 Å². The minimum atomic E-state index is -0.133. The number of aromatic nitrogens is 4. The number of hydrogen-bond donors (Lipinski definition) is 2. The highest BCUT2D eigenvalue weighted by Crippen LogP contribution is 2.20. The molecular formula is C20H15IN6O. The van der Waals surface area contributed by atoms with E-state index in [1.165, 1.54) is 6.33 Å². The maximum atomic E-state index is 12.4. The van der Waals surface area contributed by atoms with Crippen molar-refractivity contribution in [3.8, 4) is 5.82 Å². The van der Waals surface area contributed by atoms with Crippen molar-refractivity contribution in [1.82, 2.24) is 19.5 Å². The SMILES string of the molecule is O=C(Nc1ccc(Nc2cc(-n3ccnc3)ncn2)cc1)c1ccccc1I. The molecule has 2 aromatic heterocycles. The van der Waals surface area contributed by atoms with Crippen LogP contribution in [-0.4, -0.2) is 25.4 Å². The molecule has 2 heterocycles. The third-order valence-electron chi connectivity index (χ3n) is 3.96. The summed E-state index contributed by atoms with van der Waals surface area (Å²) in [5.74, 6) is 1.25. The summed E-state index contributed by atoms with van der Waals surface area (Å²) in [7, 11) is 0. The van der Waals surface area contributed by atoms with Crippen LogP contribution >= 0.6 is 22.6 Å². The molecule has 0 bridgehead atoms. The molecule has 8 heteroatoms. The van der Waals surface area contributed by atoms with E-state index in [1.54, 1.807) is 23.2 Å². The van der Waals surface area contributed by atoms with Gasteiger partial charge in [0.2, 0.25) is 0 Å². The largest absolute Gasteiger partial charge is 0.340 e. The average molecular weight is 482 g/mol. The number of nitrogens with zero attached hydrogens (tertiary/aromatic N) is 4. The molecule has 0 aliphatic carbocycles. The second kappa shape index (κ2) is 8.17. The van der Waals surface area contributed by atoms with Gasteiger partial charge in [-0.1, -0.05) is 12.1 Å². The molecule has 0 spiro atoms. The molecule has 0 fully saturated rings. The van der Waals surface area contributed by atoms with Crippen LogP contribution in [0.25, 0.3) is 5.82 Å². The fraction of sp³-hybridized carbons (Fsp3) is 0. The van der Waals surface area contributed by atoms with E-state index < -0.39 is 0 Å². The molecule has 0 saturated heterocycles. The number of rotatable bonds is 5. The molecule has 7 nitrogen and oxygen atoms in total. The quantitative estimate of drug-likeness (QED) is 0.416. The van der Waals surface area contributed by atoms with Crippen LogP contribution in [0.2, 0.25) is 0 Å². The van der Waals surface area contributed by atoms with E-state index >= 15 is 0 Å². The van der Waals surface area contributed by atoms with Crippen molar-refractivity contribution in [2.24, 2.45) is 0 Å². The molecule has 0 aliphatic heterocycles. The van der Waals surface area contributed by atoms with Crippen molar-refractivity contribution >= 4 is 45.7 Å². The predicted octanol–water partition coefficient (Wildman–Crippen LogP) is 4.26. The number of imidazole rings is 1. The summed E-state index contributed by atoms with van der Waals surface area (Å²) in [5, 5.41) is 6.14. The molecule has 2 N–H and O–H groups in total. The van der Waals surface area contributed by atoms with Crippen molar-refractivity contribution in [3.05, 3.63) is 88.8 Å². The molecule has 2 aromatic carbocycles. The minimum Gasteiger partial charge on any atom is -0.340 e. The van der Waals surface area contributed by atoms with Crippen LogP contribution in [0.1, 0.15) is 10.4 Å². The van der Waals surface area contributed by atoms with Crippen LogP contribution in [0.5, 0.6) is 0 Å². The lowest BCUT2D eigenvalue weighted by atomic mass is 10.2. The van der Waals surface area contributed by atoms with E-state index in [2.05, 4.69) is 48.2 Å². The first-order valence-corrected chi connectivity index (χ1v) is 9.50. The van der Waals surface area contributed by atoms with E-state index in [1.807, 2.05) is 54.7 Å². The van der Waals surface area contributed by atoms with Gasteiger partial charge in [-0.05, 0) is 59.0 Å². The van der Waals surface area contributed by atoms with Crippen LogP contribution in [0, 0.1) is 3.57 Å². The average Bonchev–Trinajstić information content (AvgIpc) is 3.25. The normalized spacial score (nSPS) is 10.5. The zero-order valence-corrected chi connectivity index (χ0v) is 16.7. The summed E-state index contributed by atoms with van der Waals surface area (Å²) in [4.78, 5) is 24.9. The zero-order chi connectivity index (χ0) is 19.3. The molecule has 0 aliphatic rings. The summed E-state index contributed by atoms with van der Waals surface area (Å²) in [6, 6.07) is 16.7. The van der Waals surface area contributed by atoms with Gasteiger partial charge in [0.1, 0.15) is 24.3 Å². The smallest absolute Gasteiger partial charge is 0.256 e. The second-order valence-electron chi connectivity index (χ2n) is 5.87. The van der Waals surface area contributed by atoms with Gasteiger partial charge in [0.25, 0.3) is 5.91 Å². The van der Waals surface area contributed by atoms with Crippen molar-refractivity contribution in [1.29, 1.82) is 0 Å². The number of hydrogen-bond acceptors (Lipinski definition) is 5. The number of amides is 1. The number of anilines is 3. The van der Waals surface area contributed by atoms with Gasteiger partial charge in [0.15, 0.2) is 0 Å². The first kappa shape index (κ1) is 18.1. The molecule has 0 saturated carbocycles. The molecule has 0 atom stereocenters. The standard InChI is InChI=1S/C20H15IN6O/c21-17-4-2-1-3-16(17)20(28)26-15-7-5-14(6-8-15)25-18-11-19(24-12-23-18)27-10-9-22-13-27/h1-13H,(H,26,28)(H,23,24,25).